The fourth-order valence-electron chi connectivity index (χ4n) is 4.98. The molecule has 2 aliphatic heterocycles. The number of ether oxygens (including phenoxy) is 1. The second-order valence-electron chi connectivity index (χ2n) is 9.31. The lowest BCUT2D eigenvalue weighted by Gasteiger charge is -2.32. The lowest BCUT2D eigenvalue weighted by atomic mass is 9.95. The zero-order chi connectivity index (χ0) is 22.9. The molecule has 174 valence electrons. The molecule has 4 heterocycles. The maximum Gasteiger partial charge on any atom is 0.223 e. The second-order valence-corrected chi connectivity index (χ2v) is 9.31. The highest BCUT2D eigenvalue weighted by Crippen LogP contribution is 2.31. The molecule has 0 unspecified atom stereocenters. The predicted octanol–water partition coefficient (Wildman–Crippen LogP) is 3.25. The maximum atomic E-state index is 12.7. The van der Waals surface area contributed by atoms with E-state index in [9.17, 15) is 4.79 Å². The minimum Gasteiger partial charge on any atom is -0.376 e. The Balaban J connectivity index is 1.33. The van der Waals surface area contributed by atoms with Crippen LogP contribution in [0.3, 0.4) is 0 Å². The van der Waals surface area contributed by atoms with Crippen LogP contribution in [0.25, 0.3) is 16.6 Å². The van der Waals surface area contributed by atoms with Crippen LogP contribution in [0.5, 0.6) is 0 Å². The molecule has 0 aliphatic carbocycles. The Labute approximate surface area is 194 Å². The molecule has 5 rings (SSSR count). The summed E-state index contributed by atoms with van der Waals surface area (Å²) in [6, 6.07) is 8.37. The van der Waals surface area contributed by atoms with Crippen LogP contribution in [-0.4, -0.2) is 58.2 Å². The van der Waals surface area contributed by atoms with E-state index in [-0.39, 0.29) is 17.9 Å². The van der Waals surface area contributed by atoms with Crippen molar-refractivity contribution in [3.05, 3.63) is 41.2 Å². The van der Waals surface area contributed by atoms with Crippen LogP contribution in [0.2, 0.25) is 0 Å². The highest BCUT2D eigenvalue weighted by molar-refractivity contribution is 5.92. The number of aromatic nitrogens is 4. The number of amides is 1. The molecule has 2 saturated heterocycles. The first-order chi connectivity index (χ1) is 16.0. The van der Waals surface area contributed by atoms with Crippen molar-refractivity contribution in [3.63, 3.8) is 0 Å². The van der Waals surface area contributed by atoms with Crippen LogP contribution in [0.15, 0.2) is 24.3 Å². The molecule has 2 fully saturated rings. The molecule has 1 aromatic carbocycles. The smallest absolute Gasteiger partial charge is 0.223 e. The van der Waals surface area contributed by atoms with Crippen LogP contribution >= 0.6 is 0 Å². The third-order valence-corrected chi connectivity index (χ3v) is 6.96. The normalized spacial score (nSPS) is 19.4. The summed E-state index contributed by atoms with van der Waals surface area (Å²) in [4.78, 5) is 14.9. The molecule has 33 heavy (non-hydrogen) atoms. The summed E-state index contributed by atoms with van der Waals surface area (Å²) < 4.78 is 7.60. The van der Waals surface area contributed by atoms with E-state index in [1.807, 2.05) is 11.6 Å². The van der Waals surface area contributed by atoms with Gasteiger partial charge in [-0.3, -0.25) is 4.79 Å². The van der Waals surface area contributed by atoms with Gasteiger partial charge in [0, 0.05) is 32.2 Å². The van der Waals surface area contributed by atoms with Gasteiger partial charge >= 0.3 is 0 Å². The van der Waals surface area contributed by atoms with Gasteiger partial charge in [0.15, 0.2) is 5.82 Å². The average Bonchev–Trinajstić information content (AvgIpc) is 3.47. The van der Waals surface area contributed by atoms with Gasteiger partial charge in [-0.15, -0.1) is 5.10 Å². The van der Waals surface area contributed by atoms with Crippen LogP contribution in [0.4, 0.5) is 5.82 Å². The lowest BCUT2D eigenvalue weighted by molar-refractivity contribution is -0.126. The largest absolute Gasteiger partial charge is 0.376 e. The molecular formula is C25H32N6O2. The van der Waals surface area contributed by atoms with Gasteiger partial charge in [-0.1, -0.05) is 17.7 Å². The Morgan fingerprint density at radius 1 is 1.09 bits per heavy atom. The van der Waals surface area contributed by atoms with Gasteiger partial charge in [0.2, 0.25) is 5.91 Å². The predicted molar refractivity (Wildman–Crippen MR) is 128 cm³/mol. The molecule has 8 heteroatoms. The van der Waals surface area contributed by atoms with E-state index in [4.69, 9.17) is 9.84 Å². The first-order valence-electron chi connectivity index (χ1n) is 11.9. The van der Waals surface area contributed by atoms with Crippen LogP contribution < -0.4 is 10.2 Å². The molecule has 0 bridgehead atoms. The molecule has 8 nitrogen and oxygen atoms in total. The van der Waals surface area contributed by atoms with Gasteiger partial charge in [0.25, 0.3) is 0 Å². The Kier molecular flexibility index (Phi) is 6.01. The number of piperidine rings is 1. The molecule has 2 aliphatic rings. The lowest BCUT2D eigenvalue weighted by Crippen LogP contribution is -2.42. The van der Waals surface area contributed by atoms with Crippen molar-refractivity contribution in [2.45, 2.75) is 52.6 Å². The summed E-state index contributed by atoms with van der Waals surface area (Å²) in [5.74, 6) is 0.982. The van der Waals surface area contributed by atoms with Gasteiger partial charge in [-0.2, -0.15) is 10.2 Å². The number of nitrogens with one attached hydrogen (secondary N) is 1. The van der Waals surface area contributed by atoms with Gasteiger partial charge in [-0.25, -0.2) is 4.68 Å². The van der Waals surface area contributed by atoms with E-state index in [1.165, 1.54) is 5.56 Å². The molecule has 3 aromatic rings. The highest BCUT2D eigenvalue weighted by atomic mass is 16.5. The number of benzene rings is 1. The number of carbonyl (C=O) groups excluding carboxylic acids is 1. The third-order valence-electron chi connectivity index (χ3n) is 6.96. The molecule has 0 spiro atoms. The Bertz CT molecular complexity index is 1140. The zero-order valence-electron chi connectivity index (χ0n) is 19.7. The van der Waals surface area contributed by atoms with E-state index in [2.05, 4.69) is 58.5 Å². The fourth-order valence-corrected chi connectivity index (χ4v) is 4.98. The second kappa shape index (κ2) is 9.09. The Morgan fingerprint density at radius 3 is 2.55 bits per heavy atom. The molecule has 1 amide bonds. The zero-order valence-corrected chi connectivity index (χ0v) is 19.7. The number of carbonyl (C=O) groups is 1. The van der Waals surface area contributed by atoms with E-state index in [0.29, 0.717) is 6.54 Å². The molecular weight excluding hydrogens is 416 g/mol. The van der Waals surface area contributed by atoms with Crippen molar-refractivity contribution in [1.82, 2.24) is 25.3 Å². The molecule has 0 saturated carbocycles. The van der Waals surface area contributed by atoms with Gasteiger partial charge < -0.3 is 15.0 Å². The number of rotatable bonds is 5. The summed E-state index contributed by atoms with van der Waals surface area (Å²) >= 11 is 0. The first kappa shape index (κ1) is 21.8. The van der Waals surface area contributed by atoms with Gasteiger partial charge in [-0.05, 0) is 58.6 Å². The van der Waals surface area contributed by atoms with Crippen molar-refractivity contribution in [2.75, 3.05) is 31.1 Å². The minimum absolute atomic E-state index is 0.0309. The van der Waals surface area contributed by atoms with Crippen molar-refractivity contribution in [1.29, 1.82) is 0 Å². The van der Waals surface area contributed by atoms with Crippen molar-refractivity contribution < 1.29 is 9.53 Å². The van der Waals surface area contributed by atoms with E-state index < -0.39 is 0 Å². The fraction of sp³-hybridized carbons (Fsp3) is 0.520. The standard InChI is InChI=1S/C25H32N6O2/c1-16-6-8-20(9-7-16)31-18(3)22-17(2)27-28-24(23(22)29-31)30-12-10-19(11-13-30)25(32)26-15-21-5-4-14-33-21/h6-9,19,21H,4-5,10-15H2,1-3H3,(H,26,32)/t21-/m1/s1. The average molecular weight is 449 g/mol. The third kappa shape index (κ3) is 4.31. The van der Waals surface area contributed by atoms with Crippen molar-refractivity contribution in [3.8, 4) is 5.69 Å². The number of aryl methyl sites for hydroxylation is 3. The monoisotopic (exact) mass is 448 g/mol. The maximum absolute atomic E-state index is 12.7. The Hall–Kier alpha value is -3.00. The molecule has 1 N–H and O–H groups in total. The number of nitrogens with zero attached hydrogens (tertiary/aromatic N) is 5. The number of hydrogen-bond donors (Lipinski definition) is 1. The number of fused-ring (bicyclic) bond motifs is 1. The summed E-state index contributed by atoms with van der Waals surface area (Å²) in [6.45, 7) is 9.11. The van der Waals surface area contributed by atoms with Crippen molar-refractivity contribution >= 4 is 22.6 Å². The molecule has 1 atom stereocenters. The Morgan fingerprint density at radius 2 is 1.85 bits per heavy atom. The summed E-state index contributed by atoms with van der Waals surface area (Å²) in [7, 11) is 0. The highest BCUT2D eigenvalue weighted by Gasteiger charge is 2.29. The number of anilines is 1. The first-order valence-corrected chi connectivity index (χ1v) is 11.9. The number of hydrogen-bond acceptors (Lipinski definition) is 6. The van der Waals surface area contributed by atoms with Gasteiger partial charge in [0.05, 0.1) is 28.6 Å². The van der Waals surface area contributed by atoms with E-state index >= 15 is 0 Å². The quantitative estimate of drug-likeness (QED) is 0.645. The topological polar surface area (TPSA) is 85.2 Å². The summed E-state index contributed by atoms with van der Waals surface area (Å²) in [6.07, 6.45) is 3.90. The summed E-state index contributed by atoms with van der Waals surface area (Å²) in [5, 5.41) is 18.1. The van der Waals surface area contributed by atoms with Crippen molar-refractivity contribution in [2.24, 2.45) is 5.92 Å². The SMILES string of the molecule is Cc1ccc(-n2nc3c(N4CCC(C(=O)NC[C@H]5CCCO5)CC4)nnc(C)c3c2C)cc1. The van der Waals surface area contributed by atoms with E-state index in [1.54, 1.807) is 0 Å². The minimum atomic E-state index is 0.0309. The summed E-state index contributed by atoms with van der Waals surface area (Å²) in [5.41, 5.74) is 5.07. The molecule has 0 radical (unpaired) electrons. The van der Waals surface area contributed by atoms with Crippen LogP contribution in [-0.2, 0) is 9.53 Å². The van der Waals surface area contributed by atoms with Gasteiger partial charge in [0.1, 0.15) is 5.52 Å². The van der Waals surface area contributed by atoms with Crippen LogP contribution in [0.1, 0.15) is 42.6 Å². The van der Waals surface area contributed by atoms with E-state index in [0.717, 1.165) is 79.2 Å². The molecule has 2 aromatic heterocycles. The van der Waals surface area contributed by atoms with Crippen LogP contribution in [0, 0.1) is 26.7 Å².